The third-order valence-electron chi connectivity index (χ3n) is 5.32. The van der Waals surface area contributed by atoms with Crippen molar-refractivity contribution < 1.29 is 0 Å². The number of hydrogen-bond donors (Lipinski definition) is 1. The molecule has 3 rings (SSSR count). The van der Waals surface area contributed by atoms with E-state index in [4.69, 9.17) is 0 Å². The summed E-state index contributed by atoms with van der Waals surface area (Å²) in [5, 5.41) is 3.80. The fraction of sp³-hybridized carbons (Fsp3) is 0.778. The first-order chi connectivity index (χ1) is 9.49. The van der Waals surface area contributed by atoms with Crippen LogP contribution in [0, 0.1) is 17.8 Å². The van der Waals surface area contributed by atoms with Gasteiger partial charge in [0.05, 0.1) is 0 Å². The van der Waals surface area contributed by atoms with Crippen molar-refractivity contribution in [2.45, 2.75) is 64.8 Å². The lowest BCUT2D eigenvalue weighted by Gasteiger charge is -2.30. The molecule has 1 aromatic heterocycles. The lowest BCUT2D eigenvalue weighted by Crippen LogP contribution is -2.30. The SMILES string of the molecule is CCNC(c1ccc(C(C)(C)C)s1)C1CC2CCC1C2. The van der Waals surface area contributed by atoms with Gasteiger partial charge in [-0.15, -0.1) is 11.3 Å². The Balaban J connectivity index is 1.82. The lowest BCUT2D eigenvalue weighted by atomic mass is 9.82. The van der Waals surface area contributed by atoms with Gasteiger partial charge in [-0.25, -0.2) is 0 Å². The molecule has 112 valence electrons. The maximum Gasteiger partial charge on any atom is 0.0446 e. The second kappa shape index (κ2) is 5.46. The summed E-state index contributed by atoms with van der Waals surface area (Å²) >= 11 is 2.04. The molecule has 2 aliphatic carbocycles. The molecule has 0 radical (unpaired) electrons. The van der Waals surface area contributed by atoms with Gasteiger partial charge in [-0.3, -0.25) is 0 Å². The van der Waals surface area contributed by atoms with Crippen LogP contribution >= 0.6 is 11.3 Å². The monoisotopic (exact) mass is 291 g/mol. The minimum Gasteiger partial charge on any atom is -0.309 e. The van der Waals surface area contributed by atoms with Crippen LogP contribution in [0.15, 0.2) is 12.1 Å². The standard InChI is InChI=1S/C18H29NS/c1-5-19-17(14-11-12-6-7-13(14)10-12)15-8-9-16(20-15)18(2,3)4/h8-9,12-14,17,19H,5-7,10-11H2,1-4H3. The molecule has 0 aromatic carbocycles. The second-order valence-corrected chi connectivity index (χ2v) is 8.94. The molecule has 20 heavy (non-hydrogen) atoms. The largest absolute Gasteiger partial charge is 0.309 e. The highest BCUT2D eigenvalue weighted by Crippen LogP contribution is 2.53. The Morgan fingerprint density at radius 1 is 1.25 bits per heavy atom. The number of hydrogen-bond acceptors (Lipinski definition) is 2. The number of fused-ring (bicyclic) bond motifs is 2. The van der Waals surface area contributed by atoms with Gasteiger partial charge in [0.15, 0.2) is 0 Å². The van der Waals surface area contributed by atoms with Gasteiger partial charge in [-0.1, -0.05) is 34.1 Å². The van der Waals surface area contributed by atoms with E-state index in [9.17, 15) is 0 Å². The number of rotatable bonds is 4. The first-order valence-electron chi connectivity index (χ1n) is 8.32. The maximum absolute atomic E-state index is 3.80. The normalized spacial score (nSPS) is 30.9. The fourth-order valence-electron chi connectivity index (χ4n) is 4.31. The molecule has 0 spiro atoms. The van der Waals surface area contributed by atoms with Crippen LogP contribution in [0.3, 0.4) is 0 Å². The molecule has 1 N–H and O–H groups in total. The maximum atomic E-state index is 3.80. The van der Waals surface area contributed by atoms with E-state index in [0.29, 0.717) is 6.04 Å². The summed E-state index contributed by atoms with van der Waals surface area (Å²) in [6.45, 7) is 10.3. The van der Waals surface area contributed by atoms with Gasteiger partial charge in [-0.05, 0) is 61.1 Å². The average molecular weight is 292 g/mol. The van der Waals surface area contributed by atoms with Crippen LogP contribution < -0.4 is 5.32 Å². The summed E-state index contributed by atoms with van der Waals surface area (Å²) in [5.74, 6) is 2.91. The quantitative estimate of drug-likeness (QED) is 0.810. The highest BCUT2D eigenvalue weighted by Gasteiger charge is 2.43. The molecule has 1 aromatic rings. The molecule has 2 heteroatoms. The van der Waals surface area contributed by atoms with Crippen molar-refractivity contribution >= 4 is 11.3 Å². The summed E-state index contributed by atoms with van der Waals surface area (Å²) in [4.78, 5) is 3.10. The predicted octanol–water partition coefficient (Wildman–Crippen LogP) is 5.13. The Morgan fingerprint density at radius 2 is 2.05 bits per heavy atom. The van der Waals surface area contributed by atoms with E-state index in [0.717, 1.165) is 24.3 Å². The fourth-order valence-corrected chi connectivity index (χ4v) is 5.53. The van der Waals surface area contributed by atoms with Gasteiger partial charge in [0.2, 0.25) is 0 Å². The van der Waals surface area contributed by atoms with Crippen LogP contribution in [-0.2, 0) is 5.41 Å². The first kappa shape index (κ1) is 14.6. The molecule has 1 heterocycles. The smallest absolute Gasteiger partial charge is 0.0446 e. The van der Waals surface area contributed by atoms with Crippen LogP contribution in [-0.4, -0.2) is 6.54 Å². The molecule has 4 unspecified atom stereocenters. The van der Waals surface area contributed by atoms with Gasteiger partial charge in [0, 0.05) is 15.8 Å². The zero-order chi connectivity index (χ0) is 14.3. The van der Waals surface area contributed by atoms with Crippen molar-refractivity contribution in [2.75, 3.05) is 6.54 Å². The number of nitrogens with one attached hydrogen (secondary N) is 1. The lowest BCUT2D eigenvalue weighted by molar-refractivity contribution is 0.256. The van der Waals surface area contributed by atoms with Gasteiger partial charge < -0.3 is 5.32 Å². The van der Waals surface area contributed by atoms with E-state index < -0.39 is 0 Å². The summed E-state index contributed by atoms with van der Waals surface area (Å²) in [6.07, 6.45) is 5.95. The number of thiophene rings is 1. The zero-order valence-corrected chi connectivity index (χ0v) is 14.2. The van der Waals surface area contributed by atoms with Crippen LogP contribution in [0.5, 0.6) is 0 Å². The van der Waals surface area contributed by atoms with Gasteiger partial charge >= 0.3 is 0 Å². The van der Waals surface area contributed by atoms with E-state index in [1.807, 2.05) is 11.3 Å². The Bertz CT molecular complexity index is 456. The predicted molar refractivity (Wildman–Crippen MR) is 88.4 cm³/mol. The van der Waals surface area contributed by atoms with Gasteiger partial charge in [0.25, 0.3) is 0 Å². The van der Waals surface area contributed by atoms with E-state index in [2.05, 4.69) is 45.1 Å². The molecule has 2 fully saturated rings. The third kappa shape index (κ3) is 2.69. The summed E-state index contributed by atoms with van der Waals surface area (Å²) in [5.41, 5.74) is 0.286. The second-order valence-electron chi connectivity index (χ2n) is 7.83. The van der Waals surface area contributed by atoms with E-state index in [1.165, 1.54) is 30.6 Å². The molecule has 0 aliphatic heterocycles. The van der Waals surface area contributed by atoms with E-state index in [1.54, 1.807) is 4.88 Å². The molecule has 0 amide bonds. The Morgan fingerprint density at radius 3 is 2.55 bits per heavy atom. The van der Waals surface area contributed by atoms with Crippen LogP contribution in [0.4, 0.5) is 0 Å². The molecular weight excluding hydrogens is 262 g/mol. The van der Waals surface area contributed by atoms with Crippen molar-refractivity contribution in [1.82, 2.24) is 5.32 Å². The van der Waals surface area contributed by atoms with Crippen LogP contribution in [0.25, 0.3) is 0 Å². The summed E-state index contributed by atoms with van der Waals surface area (Å²) < 4.78 is 0. The molecule has 2 saturated carbocycles. The highest BCUT2D eigenvalue weighted by atomic mass is 32.1. The van der Waals surface area contributed by atoms with Crippen molar-refractivity contribution in [3.8, 4) is 0 Å². The minimum atomic E-state index is 0.286. The van der Waals surface area contributed by atoms with Crippen LogP contribution in [0.2, 0.25) is 0 Å². The molecule has 2 bridgehead atoms. The molecular formula is C18H29NS. The molecule has 1 nitrogen and oxygen atoms in total. The van der Waals surface area contributed by atoms with E-state index in [-0.39, 0.29) is 5.41 Å². The molecule has 0 saturated heterocycles. The van der Waals surface area contributed by atoms with Crippen molar-refractivity contribution in [2.24, 2.45) is 17.8 Å². The average Bonchev–Trinajstić information content (AvgIpc) is 3.09. The first-order valence-corrected chi connectivity index (χ1v) is 9.14. The van der Waals surface area contributed by atoms with Gasteiger partial charge in [-0.2, -0.15) is 0 Å². The summed E-state index contributed by atoms with van der Waals surface area (Å²) in [7, 11) is 0. The van der Waals surface area contributed by atoms with E-state index >= 15 is 0 Å². The Labute approximate surface area is 128 Å². The Kier molecular flexibility index (Phi) is 3.98. The minimum absolute atomic E-state index is 0.286. The molecule has 2 aliphatic rings. The Hall–Kier alpha value is -0.340. The van der Waals surface area contributed by atoms with Crippen LogP contribution in [0.1, 0.15) is 69.2 Å². The van der Waals surface area contributed by atoms with Crippen molar-refractivity contribution in [3.05, 3.63) is 21.9 Å². The summed E-state index contributed by atoms with van der Waals surface area (Å²) in [6, 6.07) is 5.36. The topological polar surface area (TPSA) is 12.0 Å². The third-order valence-corrected chi connectivity index (χ3v) is 6.91. The molecule has 4 atom stereocenters. The van der Waals surface area contributed by atoms with Crippen molar-refractivity contribution in [1.29, 1.82) is 0 Å². The van der Waals surface area contributed by atoms with Gasteiger partial charge in [0.1, 0.15) is 0 Å². The highest BCUT2D eigenvalue weighted by molar-refractivity contribution is 7.12. The zero-order valence-electron chi connectivity index (χ0n) is 13.4. The van der Waals surface area contributed by atoms with Crippen molar-refractivity contribution in [3.63, 3.8) is 0 Å².